The molecule has 0 unspecified atom stereocenters. The second kappa shape index (κ2) is 6.47. The smallest absolute Gasteiger partial charge is 0.305 e. The van der Waals surface area contributed by atoms with Crippen molar-refractivity contribution < 1.29 is 19.8 Å². The van der Waals surface area contributed by atoms with Crippen LogP contribution in [0.25, 0.3) is 0 Å². The van der Waals surface area contributed by atoms with E-state index >= 15 is 0 Å². The second-order valence-corrected chi connectivity index (χ2v) is 6.39. The Morgan fingerprint density at radius 3 is 2.48 bits per heavy atom. The van der Waals surface area contributed by atoms with Crippen LogP contribution in [0.2, 0.25) is 0 Å². The Balaban J connectivity index is 2.17. The van der Waals surface area contributed by atoms with Crippen LogP contribution in [0.4, 0.5) is 0 Å². The van der Waals surface area contributed by atoms with Crippen LogP contribution in [0.1, 0.15) is 48.9 Å². The van der Waals surface area contributed by atoms with Crippen LogP contribution >= 0.6 is 15.9 Å². The summed E-state index contributed by atoms with van der Waals surface area (Å²) in [6, 6.07) is 4.56. The molecule has 1 aromatic carbocycles. The van der Waals surface area contributed by atoms with Crippen LogP contribution in [0.3, 0.4) is 0 Å². The average molecular weight is 356 g/mol. The van der Waals surface area contributed by atoms with Crippen molar-refractivity contribution in [3.8, 4) is 5.75 Å². The monoisotopic (exact) mass is 355 g/mol. The van der Waals surface area contributed by atoms with Gasteiger partial charge in [-0.2, -0.15) is 0 Å². The number of carbonyl (C=O) groups excluding carboxylic acids is 1. The van der Waals surface area contributed by atoms with Gasteiger partial charge in [0.2, 0.25) is 0 Å². The summed E-state index contributed by atoms with van der Waals surface area (Å²) in [5, 5.41) is 21.6. The fourth-order valence-electron chi connectivity index (χ4n) is 2.83. The van der Waals surface area contributed by atoms with Crippen LogP contribution in [-0.2, 0) is 4.79 Å². The van der Waals surface area contributed by atoms with Crippen molar-refractivity contribution in [1.82, 2.24) is 5.32 Å². The second-order valence-electron chi connectivity index (χ2n) is 5.53. The summed E-state index contributed by atoms with van der Waals surface area (Å²) in [4.78, 5) is 23.4. The fourth-order valence-corrected chi connectivity index (χ4v) is 3.08. The van der Waals surface area contributed by atoms with E-state index in [-0.39, 0.29) is 18.1 Å². The molecular formula is C15H18BrNO4. The molecule has 0 bridgehead atoms. The molecule has 0 saturated heterocycles. The van der Waals surface area contributed by atoms with Gasteiger partial charge in [0.05, 0.1) is 16.4 Å². The SMILES string of the molecule is O=C(O)CC1(NC(=O)c2ccc(Br)c(O)c2)CCCCC1. The number of carboxylic acids is 1. The van der Waals surface area contributed by atoms with Gasteiger partial charge in [-0.3, -0.25) is 9.59 Å². The van der Waals surface area contributed by atoms with E-state index in [0.29, 0.717) is 22.9 Å². The Kier molecular flexibility index (Phi) is 4.88. The zero-order valence-corrected chi connectivity index (χ0v) is 13.1. The van der Waals surface area contributed by atoms with Crippen molar-refractivity contribution in [3.63, 3.8) is 0 Å². The van der Waals surface area contributed by atoms with Gasteiger partial charge in [0.15, 0.2) is 0 Å². The van der Waals surface area contributed by atoms with E-state index in [1.807, 2.05) is 0 Å². The maximum Gasteiger partial charge on any atom is 0.305 e. The Morgan fingerprint density at radius 1 is 1.24 bits per heavy atom. The molecule has 0 radical (unpaired) electrons. The maximum absolute atomic E-state index is 12.3. The molecule has 2 rings (SSSR count). The third-order valence-electron chi connectivity index (χ3n) is 3.89. The molecule has 1 aliphatic carbocycles. The maximum atomic E-state index is 12.3. The van der Waals surface area contributed by atoms with E-state index in [2.05, 4.69) is 21.2 Å². The van der Waals surface area contributed by atoms with E-state index in [9.17, 15) is 14.7 Å². The number of hydrogen-bond acceptors (Lipinski definition) is 3. The average Bonchev–Trinajstić information content (AvgIpc) is 2.41. The number of halogens is 1. The van der Waals surface area contributed by atoms with Crippen molar-refractivity contribution in [2.45, 2.75) is 44.1 Å². The van der Waals surface area contributed by atoms with Crippen LogP contribution in [0.5, 0.6) is 5.75 Å². The number of aliphatic carboxylic acids is 1. The van der Waals surface area contributed by atoms with Gasteiger partial charge in [-0.1, -0.05) is 19.3 Å². The lowest BCUT2D eigenvalue weighted by Gasteiger charge is -2.37. The van der Waals surface area contributed by atoms with E-state index in [0.717, 1.165) is 19.3 Å². The molecule has 0 aliphatic heterocycles. The Morgan fingerprint density at radius 2 is 1.90 bits per heavy atom. The third kappa shape index (κ3) is 3.97. The normalized spacial score (nSPS) is 17.2. The van der Waals surface area contributed by atoms with Gasteiger partial charge in [0, 0.05) is 5.56 Å². The van der Waals surface area contributed by atoms with Gasteiger partial charge in [0.25, 0.3) is 5.91 Å². The largest absolute Gasteiger partial charge is 0.507 e. The number of carbonyl (C=O) groups is 2. The van der Waals surface area contributed by atoms with Gasteiger partial charge in [-0.05, 0) is 47.0 Å². The molecule has 21 heavy (non-hydrogen) atoms. The summed E-state index contributed by atoms with van der Waals surface area (Å²) in [5.74, 6) is -1.27. The summed E-state index contributed by atoms with van der Waals surface area (Å²) >= 11 is 3.16. The van der Waals surface area contributed by atoms with Crippen LogP contribution < -0.4 is 5.32 Å². The summed E-state index contributed by atoms with van der Waals surface area (Å²) in [7, 11) is 0. The highest BCUT2D eigenvalue weighted by Crippen LogP contribution is 2.32. The molecule has 0 spiro atoms. The molecule has 3 N–H and O–H groups in total. The molecule has 0 aromatic heterocycles. The number of amides is 1. The first kappa shape index (κ1) is 15.8. The van der Waals surface area contributed by atoms with Crippen molar-refractivity contribution in [1.29, 1.82) is 0 Å². The standard InChI is InChI=1S/C15H18BrNO4/c16-11-5-4-10(8-12(11)18)14(21)17-15(9-13(19)20)6-2-1-3-7-15/h4-5,8,18H,1-3,6-7,9H2,(H,17,21)(H,19,20). The minimum absolute atomic E-state index is 0.0152. The Labute approximate surface area is 131 Å². The lowest BCUT2D eigenvalue weighted by atomic mass is 9.79. The Bertz CT molecular complexity index is 553. The summed E-state index contributed by atoms with van der Waals surface area (Å²) in [6.07, 6.45) is 4.18. The first-order valence-corrected chi connectivity index (χ1v) is 7.74. The molecule has 1 aliphatic rings. The van der Waals surface area contributed by atoms with Crippen LogP contribution in [-0.4, -0.2) is 27.6 Å². The first-order valence-electron chi connectivity index (χ1n) is 6.95. The number of hydrogen-bond donors (Lipinski definition) is 3. The zero-order valence-electron chi connectivity index (χ0n) is 11.6. The van der Waals surface area contributed by atoms with Crippen LogP contribution in [0, 0.1) is 0 Å². The van der Waals surface area contributed by atoms with Crippen molar-refractivity contribution >= 4 is 27.8 Å². The quantitative estimate of drug-likeness (QED) is 0.774. The first-order chi connectivity index (χ1) is 9.92. The Hall–Kier alpha value is -1.56. The summed E-state index contributed by atoms with van der Waals surface area (Å²) < 4.78 is 0.511. The lowest BCUT2D eigenvalue weighted by molar-refractivity contribution is -0.139. The predicted molar refractivity (Wildman–Crippen MR) is 81.3 cm³/mol. The zero-order chi connectivity index (χ0) is 15.5. The minimum Gasteiger partial charge on any atom is -0.507 e. The molecule has 0 heterocycles. The molecule has 0 atom stereocenters. The van der Waals surface area contributed by atoms with Crippen molar-refractivity contribution in [2.75, 3.05) is 0 Å². The van der Waals surface area contributed by atoms with Crippen molar-refractivity contribution in [3.05, 3.63) is 28.2 Å². The van der Waals surface area contributed by atoms with Gasteiger partial charge in [-0.15, -0.1) is 0 Å². The minimum atomic E-state index is -0.907. The number of phenols is 1. The highest BCUT2D eigenvalue weighted by molar-refractivity contribution is 9.10. The highest BCUT2D eigenvalue weighted by Gasteiger charge is 2.36. The fraction of sp³-hybridized carbons (Fsp3) is 0.467. The summed E-state index contributed by atoms with van der Waals surface area (Å²) in [5.41, 5.74) is -0.352. The number of rotatable bonds is 4. The van der Waals surface area contributed by atoms with E-state index in [1.165, 1.54) is 6.07 Å². The molecule has 1 aromatic rings. The number of nitrogens with one attached hydrogen (secondary N) is 1. The van der Waals surface area contributed by atoms with Crippen molar-refractivity contribution in [2.24, 2.45) is 0 Å². The van der Waals surface area contributed by atoms with E-state index < -0.39 is 11.5 Å². The summed E-state index contributed by atoms with van der Waals surface area (Å²) in [6.45, 7) is 0. The number of benzene rings is 1. The van der Waals surface area contributed by atoms with E-state index in [1.54, 1.807) is 12.1 Å². The van der Waals surface area contributed by atoms with Crippen LogP contribution in [0.15, 0.2) is 22.7 Å². The lowest BCUT2D eigenvalue weighted by Crippen LogP contribution is -2.51. The molecule has 114 valence electrons. The highest BCUT2D eigenvalue weighted by atomic mass is 79.9. The molecule has 1 fully saturated rings. The van der Waals surface area contributed by atoms with Gasteiger partial charge < -0.3 is 15.5 Å². The third-order valence-corrected chi connectivity index (χ3v) is 4.56. The molecule has 5 nitrogen and oxygen atoms in total. The number of carboxylic acid groups (broad SMARTS) is 1. The van der Waals surface area contributed by atoms with Gasteiger partial charge in [-0.25, -0.2) is 0 Å². The van der Waals surface area contributed by atoms with Gasteiger partial charge in [0.1, 0.15) is 5.75 Å². The number of phenolic OH excluding ortho intramolecular Hbond substituents is 1. The van der Waals surface area contributed by atoms with Gasteiger partial charge >= 0.3 is 5.97 Å². The topological polar surface area (TPSA) is 86.6 Å². The molecule has 1 amide bonds. The molecule has 1 saturated carbocycles. The molecule has 6 heteroatoms. The predicted octanol–water partition coefficient (Wildman–Crippen LogP) is 3.06. The molecular weight excluding hydrogens is 338 g/mol. The van der Waals surface area contributed by atoms with E-state index in [4.69, 9.17) is 5.11 Å². The number of aromatic hydroxyl groups is 1.